The average molecular weight is 252 g/mol. The summed E-state index contributed by atoms with van der Waals surface area (Å²) in [5.74, 6) is -0.941. The first-order valence-electron chi connectivity index (χ1n) is 5.96. The average Bonchev–Trinajstić information content (AvgIpc) is 2.94. The largest absolute Gasteiger partial charge is 0.481 e. The van der Waals surface area contributed by atoms with E-state index in [9.17, 15) is 9.59 Å². The van der Waals surface area contributed by atoms with Gasteiger partial charge in [-0.25, -0.2) is 4.98 Å². The standard InChI is InChI=1S/C11H16N4O3/c1-3-8-12-9(14-13-8)10(16)15-4-6(2)7(5-15)11(17)18/h6-7H,3-5H2,1-2H3,(H,17,18)(H,12,13,14). The number of hydrogen-bond donors (Lipinski definition) is 2. The van der Waals surface area contributed by atoms with E-state index in [0.29, 0.717) is 18.8 Å². The highest BCUT2D eigenvalue weighted by molar-refractivity contribution is 5.91. The molecular formula is C11H16N4O3. The molecule has 0 spiro atoms. The fraction of sp³-hybridized carbons (Fsp3) is 0.636. The van der Waals surface area contributed by atoms with E-state index in [1.165, 1.54) is 4.90 Å². The number of aromatic amines is 1. The van der Waals surface area contributed by atoms with Gasteiger partial charge < -0.3 is 10.0 Å². The molecule has 7 nitrogen and oxygen atoms in total. The molecule has 2 N–H and O–H groups in total. The molecule has 1 aliphatic rings. The van der Waals surface area contributed by atoms with Gasteiger partial charge in [0.1, 0.15) is 5.82 Å². The third kappa shape index (κ3) is 2.20. The van der Waals surface area contributed by atoms with Crippen LogP contribution in [-0.4, -0.2) is 50.2 Å². The number of nitrogens with one attached hydrogen (secondary N) is 1. The molecule has 0 radical (unpaired) electrons. The maximum atomic E-state index is 12.1. The summed E-state index contributed by atoms with van der Waals surface area (Å²) in [6.45, 7) is 4.41. The minimum Gasteiger partial charge on any atom is -0.481 e. The number of H-pyrrole nitrogens is 1. The molecule has 18 heavy (non-hydrogen) atoms. The molecule has 1 saturated heterocycles. The molecule has 2 rings (SSSR count). The number of nitrogens with zero attached hydrogens (tertiary/aromatic N) is 3. The lowest BCUT2D eigenvalue weighted by atomic mass is 9.99. The highest BCUT2D eigenvalue weighted by Gasteiger charge is 2.38. The van der Waals surface area contributed by atoms with E-state index in [0.717, 1.165) is 0 Å². The topological polar surface area (TPSA) is 99.2 Å². The molecule has 0 aromatic carbocycles. The predicted octanol–water partition coefficient (Wildman–Crippen LogP) is 0.160. The Morgan fingerprint density at radius 3 is 2.72 bits per heavy atom. The Morgan fingerprint density at radius 2 is 2.22 bits per heavy atom. The van der Waals surface area contributed by atoms with Gasteiger partial charge in [-0.15, -0.1) is 5.10 Å². The molecule has 0 saturated carbocycles. The summed E-state index contributed by atoms with van der Waals surface area (Å²) >= 11 is 0. The molecular weight excluding hydrogens is 236 g/mol. The van der Waals surface area contributed by atoms with Gasteiger partial charge >= 0.3 is 5.97 Å². The molecule has 2 atom stereocenters. The van der Waals surface area contributed by atoms with Crippen LogP contribution in [0.2, 0.25) is 0 Å². The fourth-order valence-electron chi connectivity index (χ4n) is 2.14. The van der Waals surface area contributed by atoms with Crippen molar-refractivity contribution in [1.29, 1.82) is 0 Å². The van der Waals surface area contributed by atoms with E-state index < -0.39 is 11.9 Å². The second-order valence-corrected chi connectivity index (χ2v) is 4.59. The van der Waals surface area contributed by atoms with E-state index in [1.807, 2.05) is 13.8 Å². The molecule has 7 heteroatoms. The molecule has 0 aliphatic carbocycles. The number of hydrogen-bond acceptors (Lipinski definition) is 4. The summed E-state index contributed by atoms with van der Waals surface area (Å²) in [5, 5.41) is 15.6. The van der Waals surface area contributed by atoms with Gasteiger partial charge in [0.15, 0.2) is 0 Å². The van der Waals surface area contributed by atoms with Gasteiger partial charge in [0.05, 0.1) is 5.92 Å². The van der Waals surface area contributed by atoms with Gasteiger partial charge in [-0.1, -0.05) is 13.8 Å². The van der Waals surface area contributed by atoms with Gasteiger partial charge in [0.25, 0.3) is 5.91 Å². The Labute approximate surface area is 104 Å². The first-order chi connectivity index (χ1) is 8.52. The van der Waals surface area contributed by atoms with Crippen LogP contribution in [0, 0.1) is 11.8 Å². The summed E-state index contributed by atoms with van der Waals surface area (Å²) in [5.41, 5.74) is 0. The van der Waals surface area contributed by atoms with Crippen molar-refractivity contribution in [1.82, 2.24) is 20.1 Å². The number of carbonyl (C=O) groups excluding carboxylic acids is 1. The number of carbonyl (C=O) groups is 2. The first-order valence-corrected chi connectivity index (χ1v) is 5.96. The normalized spacial score (nSPS) is 23.3. The summed E-state index contributed by atoms with van der Waals surface area (Å²) in [6, 6.07) is 0. The minimum atomic E-state index is -0.859. The molecule has 2 unspecified atom stereocenters. The van der Waals surface area contributed by atoms with Crippen LogP contribution >= 0.6 is 0 Å². The minimum absolute atomic E-state index is 0.0453. The monoisotopic (exact) mass is 252 g/mol. The predicted molar refractivity (Wildman–Crippen MR) is 62.0 cm³/mol. The van der Waals surface area contributed by atoms with E-state index in [-0.39, 0.29) is 24.2 Å². The van der Waals surface area contributed by atoms with Gasteiger partial charge in [0, 0.05) is 19.5 Å². The second kappa shape index (κ2) is 4.75. The van der Waals surface area contributed by atoms with Crippen molar-refractivity contribution in [2.24, 2.45) is 11.8 Å². The van der Waals surface area contributed by atoms with Crippen molar-refractivity contribution in [3.63, 3.8) is 0 Å². The highest BCUT2D eigenvalue weighted by Crippen LogP contribution is 2.24. The zero-order chi connectivity index (χ0) is 13.3. The lowest BCUT2D eigenvalue weighted by Crippen LogP contribution is -2.30. The molecule has 2 heterocycles. The van der Waals surface area contributed by atoms with Crippen molar-refractivity contribution in [3.8, 4) is 0 Å². The summed E-state index contributed by atoms with van der Waals surface area (Å²) in [6.07, 6.45) is 0.675. The van der Waals surface area contributed by atoms with Crippen molar-refractivity contribution in [3.05, 3.63) is 11.6 Å². The zero-order valence-corrected chi connectivity index (χ0v) is 10.4. The second-order valence-electron chi connectivity index (χ2n) is 4.59. The van der Waals surface area contributed by atoms with Crippen LogP contribution in [-0.2, 0) is 11.2 Å². The van der Waals surface area contributed by atoms with Crippen LogP contribution in [0.25, 0.3) is 0 Å². The van der Waals surface area contributed by atoms with Crippen molar-refractivity contribution < 1.29 is 14.7 Å². The third-order valence-corrected chi connectivity index (χ3v) is 3.27. The van der Waals surface area contributed by atoms with Gasteiger partial charge in [-0.3, -0.25) is 14.7 Å². The number of aryl methyl sites for hydroxylation is 1. The zero-order valence-electron chi connectivity index (χ0n) is 10.4. The molecule has 1 aromatic rings. The van der Waals surface area contributed by atoms with Crippen LogP contribution < -0.4 is 0 Å². The van der Waals surface area contributed by atoms with Crippen LogP contribution in [0.15, 0.2) is 0 Å². The van der Waals surface area contributed by atoms with Gasteiger partial charge in [0.2, 0.25) is 5.82 Å². The van der Waals surface area contributed by atoms with Crippen molar-refractivity contribution >= 4 is 11.9 Å². The number of rotatable bonds is 3. The number of aliphatic carboxylic acids is 1. The Hall–Kier alpha value is -1.92. The van der Waals surface area contributed by atoms with E-state index in [2.05, 4.69) is 15.2 Å². The molecule has 98 valence electrons. The molecule has 1 amide bonds. The number of aromatic nitrogens is 3. The molecule has 1 aromatic heterocycles. The van der Waals surface area contributed by atoms with E-state index in [4.69, 9.17) is 5.11 Å². The maximum absolute atomic E-state index is 12.1. The van der Waals surface area contributed by atoms with E-state index in [1.54, 1.807) is 0 Å². The van der Waals surface area contributed by atoms with Crippen LogP contribution in [0.1, 0.15) is 30.3 Å². The smallest absolute Gasteiger partial charge is 0.308 e. The maximum Gasteiger partial charge on any atom is 0.308 e. The summed E-state index contributed by atoms with van der Waals surface area (Å²) < 4.78 is 0. The lowest BCUT2D eigenvalue weighted by Gasteiger charge is -2.12. The van der Waals surface area contributed by atoms with E-state index >= 15 is 0 Å². The van der Waals surface area contributed by atoms with Crippen molar-refractivity contribution in [2.45, 2.75) is 20.3 Å². The summed E-state index contributed by atoms with van der Waals surface area (Å²) in [4.78, 5) is 28.6. The quantitative estimate of drug-likeness (QED) is 0.798. The van der Waals surface area contributed by atoms with Crippen LogP contribution in [0.4, 0.5) is 0 Å². The van der Waals surface area contributed by atoms with Crippen LogP contribution in [0.5, 0.6) is 0 Å². The number of carboxylic acid groups (broad SMARTS) is 1. The number of amides is 1. The van der Waals surface area contributed by atoms with Crippen molar-refractivity contribution in [2.75, 3.05) is 13.1 Å². The first kappa shape index (κ1) is 12.5. The SMILES string of the molecule is CCc1nc(C(=O)N2CC(C)C(C(=O)O)C2)n[nH]1. The summed E-state index contributed by atoms with van der Waals surface area (Å²) in [7, 11) is 0. The Balaban J connectivity index is 2.09. The van der Waals surface area contributed by atoms with Crippen LogP contribution in [0.3, 0.4) is 0 Å². The molecule has 1 fully saturated rings. The number of carboxylic acids is 1. The Morgan fingerprint density at radius 1 is 1.50 bits per heavy atom. The highest BCUT2D eigenvalue weighted by atomic mass is 16.4. The molecule has 1 aliphatic heterocycles. The fourth-order valence-corrected chi connectivity index (χ4v) is 2.14. The van der Waals surface area contributed by atoms with Gasteiger partial charge in [-0.05, 0) is 5.92 Å². The molecule has 0 bridgehead atoms. The number of likely N-dealkylation sites (tertiary alicyclic amines) is 1. The third-order valence-electron chi connectivity index (χ3n) is 3.27. The lowest BCUT2D eigenvalue weighted by molar-refractivity contribution is -0.142. The Kier molecular flexibility index (Phi) is 3.31. The Bertz CT molecular complexity index is 471. The van der Waals surface area contributed by atoms with Gasteiger partial charge in [-0.2, -0.15) is 0 Å².